The van der Waals surface area contributed by atoms with Crippen molar-refractivity contribution in [3.8, 4) is 0 Å². The molecule has 0 aliphatic heterocycles. The molecule has 1 N–H and O–H groups in total. The first-order valence-corrected chi connectivity index (χ1v) is 2.80. The van der Waals surface area contributed by atoms with E-state index in [1.807, 2.05) is 0 Å². The molecule has 0 bridgehead atoms. The maximum absolute atomic E-state index is 10.7. The number of thiol groups is 1. The fourth-order valence-corrected chi connectivity index (χ4v) is 0. The van der Waals surface area contributed by atoms with E-state index in [-0.39, 0.29) is 0 Å². The third-order valence-electron chi connectivity index (χ3n) is 0.114. The molecule has 0 aromatic rings. The summed E-state index contributed by atoms with van der Waals surface area (Å²) >= 11 is 0. The van der Waals surface area contributed by atoms with Crippen molar-refractivity contribution in [1.29, 1.82) is 0 Å². The van der Waals surface area contributed by atoms with Gasteiger partial charge in [-0.1, -0.05) is 0 Å². The summed E-state index contributed by atoms with van der Waals surface area (Å²) in [6, 6.07) is 0. The molecule has 48 valence electrons. The third kappa shape index (κ3) is 5.96. The van der Waals surface area contributed by atoms with Gasteiger partial charge in [0.2, 0.25) is 10.9 Å². The van der Waals surface area contributed by atoms with E-state index in [2.05, 4.69) is 0 Å². The summed E-state index contributed by atoms with van der Waals surface area (Å²) in [6.45, 7) is 0. The molecule has 0 aliphatic carbocycles. The van der Waals surface area contributed by atoms with Gasteiger partial charge in [0, 0.05) is 0 Å². The van der Waals surface area contributed by atoms with E-state index in [1.54, 1.807) is 0 Å². The highest BCUT2D eigenvalue weighted by Crippen LogP contribution is 2.72. The van der Waals surface area contributed by atoms with Gasteiger partial charge in [0.15, 0.2) is 1.41 Å². The van der Waals surface area contributed by atoms with E-state index in [0.717, 1.165) is 0 Å². The van der Waals surface area contributed by atoms with Gasteiger partial charge in [-0.25, -0.2) is 0 Å². The summed E-state index contributed by atoms with van der Waals surface area (Å²) in [5.74, 6) is 0. The van der Waals surface area contributed by atoms with Crippen LogP contribution in [-0.4, -0.2) is 0 Å². The van der Waals surface area contributed by atoms with Crippen molar-refractivity contribution in [2.45, 2.75) is 0 Å². The molecule has 7 heavy (non-hydrogen) atoms. The second-order valence-corrected chi connectivity index (χ2v) is 2.28. The van der Waals surface area contributed by atoms with Crippen molar-refractivity contribution in [3.05, 3.63) is 0 Å². The minimum absolute atomic E-state index is 2.58. The molecule has 0 rings (SSSR count). The van der Waals surface area contributed by atoms with Crippen LogP contribution in [-0.2, 0) is 0 Å². The lowest BCUT2D eigenvalue weighted by atomic mass is 13.8. The minimum atomic E-state index is -8.35. The maximum Gasteiger partial charge on any atom is 0.226 e. The van der Waals surface area contributed by atoms with E-state index in [4.69, 9.17) is 1.41 Å². The van der Waals surface area contributed by atoms with Crippen LogP contribution in [0.2, 0.25) is 1.41 Å². The van der Waals surface area contributed by atoms with E-state index < -0.39 is 15.8 Å². The summed E-state index contributed by atoms with van der Waals surface area (Å²) in [5, 5.41) is 0. The van der Waals surface area contributed by atoms with E-state index in [9.17, 15) is 20.0 Å². The fourth-order valence-electron chi connectivity index (χ4n) is 0. The Hall–Kier alpha value is -0.0400. The second-order valence-electron chi connectivity index (χ2n) is 0.761. The van der Waals surface area contributed by atoms with Crippen LogP contribution in [0.4, 0.5) is 20.0 Å². The number of rotatable bonds is 1. The maximum atomic E-state index is 10.7. The first-order valence-electron chi connectivity index (χ1n) is 1.49. The van der Waals surface area contributed by atoms with Crippen molar-refractivity contribution in [2.24, 2.45) is 0 Å². The fraction of sp³-hybridized carbons (Fsp3) is 0. The SMILES string of the molecule is [3H]N(F)[SH](F)(F)(F)F. The van der Waals surface area contributed by atoms with Crippen molar-refractivity contribution in [2.75, 3.05) is 0 Å². The topological polar surface area (TPSA) is 12.0 Å². The number of halogens is 5. The van der Waals surface area contributed by atoms with Crippen molar-refractivity contribution in [3.63, 3.8) is 0 Å². The second kappa shape index (κ2) is 1.22. The third-order valence-corrected chi connectivity index (χ3v) is 0.343. The zero-order valence-electron chi connectivity index (χ0n) is 3.78. The van der Waals surface area contributed by atoms with Crippen LogP contribution >= 0.6 is 10.9 Å². The molecular weight excluding hydrogens is 141 g/mol. The molecule has 0 aromatic heterocycles. The van der Waals surface area contributed by atoms with Crippen LogP contribution in [0.5, 0.6) is 0 Å². The Morgan fingerprint density at radius 1 is 1.29 bits per heavy atom. The van der Waals surface area contributed by atoms with Crippen LogP contribution in [0.25, 0.3) is 0 Å². The molecular formula is H2F5NS. The quantitative estimate of drug-likeness (QED) is 0.326. The minimum Gasteiger partial charge on any atom is -0.121 e. The van der Waals surface area contributed by atoms with E-state index in [0.29, 0.717) is 0 Å². The zero-order valence-corrected chi connectivity index (χ0v) is 3.68. The Balaban J connectivity index is 4.14. The van der Waals surface area contributed by atoms with Gasteiger partial charge < -0.3 is 0 Å². The Morgan fingerprint density at radius 2 is 1.43 bits per heavy atom. The Labute approximate surface area is 38.5 Å². The van der Waals surface area contributed by atoms with Gasteiger partial charge >= 0.3 is 0 Å². The Morgan fingerprint density at radius 3 is 1.43 bits per heavy atom. The lowest BCUT2D eigenvalue weighted by Crippen LogP contribution is -2.05. The molecule has 0 atom stereocenters. The molecule has 0 radical (unpaired) electrons. The zero-order chi connectivity index (χ0) is 7.02. The van der Waals surface area contributed by atoms with E-state index in [1.165, 1.54) is 0 Å². The van der Waals surface area contributed by atoms with Crippen LogP contribution in [0.15, 0.2) is 0 Å². The van der Waals surface area contributed by atoms with Gasteiger partial charge in [-0.15, -0.1) is 20.0 Å². The van der Waals surface area contributed by atoms with Gasteiger partial charge in [-0.3, -0.25) is 0 Å². The standard InChI is InChI=1S/F5H2NS/c1-6-7(2,3,4)5/h6-7H/i/hT. The predicted octanol–water partition coefficient (Wildman–Crippen LogP) is 1.99. The lowest BCUT2D eigenvalue weighted by Gasteiger charge is -2.24. The predicted molar refractivity (Wildman–Crippen MR) is 17.7 cm³/mol. The Bertz CT molecular complexity index is 83.1. The largest absolute Gasteiger partial charge is 0.226 e. The molecule has 0 unspecified atom stereocenters. The molecule has 0 aromatic carbocycles. The van der Waals surface area contributed by atoms with Crippen LogP contribution in [0, 0.1) is 0 Å². The van der Waals surface area contributed by atoms with Crippen molar-refractivity contribution < 1.29 is 21.4 Å². The summed E-state index contributed by atoms with van der Waals surface area (Å²) in [6.07, 6.45) is 0. The number of hydrogen-bond acceptors (Lipinski definition) is 1. The van der Waals surface area contributed by atoms with Gasteiger partial charge in [0.05, 0.1) is 0 Å². The van der Waals surface area contributed by atoms with Gasteiger partial charge in [-0.05, 0) is 4.94 Å². The molecule has 0 aliphatic rings. The Kier molecular flexibility index (Phi) is 0.890. The summed E-state index contributed by atoms with van der Waals surface area (Å²) < 4.78 is 58.6. The highest BCUT2D eigenvalue weighted by molar-refractivity contribution is 8.31. The van der Waals surface area contributed by atoms with Gasteiger partial charge in [0.1, 0.15) is 0 Å². The summed E-state index contributed by atoms with van der Waals surface area (Å²) in [5.41, 5.74) is 0. The highest BCUT2D eigenvalue weighted by atomic mass is 32.4. The van der Waals surface area contributed by atoms with Gasteiger partial charge in [0.25, 0.3) is 0 Å². The molecule has 1 nitrogen and oxygen atoms in total. The average molecular weight is 145 g/mol. The monoisotopic (exact) mass is 145 g/mol. The molecule has 0 fully saturated rings. The van der Waals surface area contributed by atoms with Crippen LogP contribution in [0.1, 0.15) is 0 Å². The lowest BCUT2D eigenvalue weighted by molar-refractivity contribution is 0.350. The molecule has 0 saturated heterocycles. The van der Waals surface area contributed by atoms with Crippen molar-refractivity contribution in [1.82, 2.24) is 4.94 Å². The van der Waals surface area contributed by atoms with Crippen LogP contribution in [0.3, 0.4) is 0 Å². The normalized spacial score (nSPS) is 20.9. The molecule has 0 amide bonds. The first-order chi connectivity index (χ1) is 3.20. The number of nitrogens with one attached hydrogen (secondary N) is 1. The molecule has 7 heteroatoms. The van der Waals surface area contributed by atoms with Crippen molar-refractivity contribution >= 4 is 10.9 Å². The smallest absolute Gasteiger partial charge is 0.121 e. The molecule has 0 spiro atoms. The van der Waals surface area contributed by atoms with Gasteiger partial charge in [-0.2, -0.15) is 0 Å². The van der Waals surface area contributed by atoms with Crippen LogP contribution < -0.4 is 4.94 Å². The highest BCUT2D eigenvalue weighted by Gasteiger charge is 2.35. The average Bonchev–Trinajstić information content (AvgIpc) is 1.27. The first kappa shape index (κ1) is 5.10. The summed E-state index contributed by atoms with van der Waals surface area (Å²) in [7, 11) is -8.35. The molecule has 0 heterocycles. The van der Waals surface area contributed by atoms with E-state index >= 15 is 0 Å². The summed E-state index contributed by atoms with van der Waals surface area (Å²) in [4.78, 5) is -2.58. The number of hydrogen-bond donors (Lipinski definition) is 2. The molecule has 0 saturated carbocycles.